The van der Waals surface area contributed by atoms with Crippen LogP contribution in [-0.4, -0.2) is 19.3 Å². The van der Waals surface area contributed by atoms with E-state index in [1.54, 1.807) is 0 Å². The molecule has 0 aliphatic carbocycles. The Balaban J connectivity index is 0.00000549. The Bertz CT molecular complexity index is 2520. The fraction of sp³-hybridized carbons (Fsp3) is 0.373. The largest absolute Gasteiger partial charge is 2.00 e. The molecule has 3 aromatic heterocycles. The first kappa shape index (κ1) is 42.1. The monoisotopic (exact) mass is 937 g/mol. The van der Waals surface area contributed by atoms with Crippen LogP contribution < -0.4 is 4.74 Å². The van der Waals surface area contributed by atoms with Gasteiger partial charge in [0, 0.05) is 28.8 Å². The Hall–Kier alpha value is -4.47. The number of para-hydroxylation sites is 1. The second-order valence-electron chi connectivity index (χ2n) is 19.3. The molecule has 0 aliphatic rings. The van der Waals surface area contributed by atoms with Crippen LogP contribution in [0.5, 0.6) is 11.5 Å². The van der Waals surface area contributed by atoms with Crippen LogP contribution in [0.25, 0.3) is 44.4 Å². The summed E-state index contributed by atoms with van der Waals surface area (Å²) in [5.41, 5.74) is 11.5. The normalized spacial score (nSPS) is 12.5. The molecule has 4 aromatic carbocycles. The quantitative estimate of drug-likeness (QED) is 0.143. The van der Waals surface area contributed by atoms with E-state index in [4.69, 9.17) is 14.8 Å². The average Bonchev–Trinajstić information content (AvgIpc) is 3.66. The van der Waals surface area contributed by atoms with E-state index in [1.807, 2.05) is 24.4 Å². The zero-order valence-electron chi connectivity index (χ0n) is 36.0. The minimum Gasteiger partial charge on any atom is -0.509 e. The van der Waals surface area contributed by atoms with Gasteiger partial charge in [0.2, 0.25) is 0 Å². The molecule has 6 heteroatoms. The number of nitrogens with zero attached hydrogens (tertiary/aromatic N) is 4. The third-order valence-corrected chi connectivity index (χ3v) is 10.7. The molecule has 0 aliphatic heterocycles. The van der Waals surface area contributed by atoms with Crippen LogP contribution >= 0.6 is 0 Å². The molecular weight excluding hydrogens is 880 g/mol. The molecule has 0 amide bonds. The number of fused-ring (bicyclic) bond motifs is 3. The summed E-state index contributed by atoms with van der Waals surface area (Å²) >= 11 is 0. The minimum atomic E-state index is -0.0125. The van der Waals surface area contributed by atoms with Gasteiger partial charge >= 0.3 is 21.1 Å². The third kappa shape index (κ3) is 8.56. The minimum absolute atomic E-state index is 0. The molecule has 0 spiro atoms. The summed E-state index contributed by atoms with van der Waals surface area (Å²) in [5.74, 6) is 2.73. The predicted octanol–water partition coefficient (Wildman–Crippen LogP) is 13.6. The van der Waals surface area contributed by atoms with Crippen molar-refractivity contribution in [1.29, 1.82) is 0 Å². The van der Waals surface area contributed by atoms with Crippen LogP contribution in [0.2, 0.25) is 0 Å². The zero-order chi connectivity index (χ0) is 40.3. The first-order valence-corrected chi connectivity index (χ1v) is 20.2. The summed E-state index contributed by atoms with van der Waals surface area (Å²) in [7, 11) is 0. The van der Waals surface area contributed by atoms with Crippen molar-refractivity contribution in [3.63, 3.8) is 0 Å². The van der Waals surface area contributed by atoms with Crippen LogP contribution in [0.15, 0.2) is 91.1 Å². The van der Waals surface area contributed by atoms with E-state index >= 15 is 0 Å². The van der Waals surface area contributed by atoms with Crippen molar-refractivity contribution in [2.24, 2.45) is 5.92 Å². The molecular formula is C51H58N4OPt. The van der Waals surface area contributed by atoms with E-state index < -0.39 is 0 Å². The van der Waals surface area contributed by atoms with Crippen LogP contribution in [0.3, 0.4) is 0 Å². The van der Waals surface area contributed by atoms with E-state index in [0.29, 0.717) is 17.4 Å². The molecule has 0 radical (unpaired) electrons. The molecule has 0 atom stereocenters. The van der Waals surface area contributed by atoms with Crippen LogP contribution in [0.4, 0.5) is 0 Å². The number of pyridine rings is 1. The van der Waals surface area contributed by atoms with E-state index in [0.717, 1.165) is 45.4 Å². The van der Waals surface area contributed by atoms with Gasteiger partial charge in [-0.2, -0.15) is 17.2 Å². The van der Waals surface area contributed by atoms with Crippen molar-refractivity contribution in [3.05, 3.63) is 131 Å². The van der Waals surface area contributed by atoms with Gasteiger partial charge in [0.25, 0.3) is 0 Å². The number of ether oxygens (including phenoxy) is 1. The Morgan fingerprint density at radius 2 is 1.32 bits per heavy atom. The van der Waals surface area contributed by atoms with Crippen molar-refractivity contribution in [2.75, 3.05) is 0 Å². The van der Waals surface area contributed by atoms with Crippen LogP contribution in [0.1, 0.15) is 124 Å². The number of aromatic nitrogens is 4. The fourth-order valence-corrected chi connectivity index (χ4v) is 7.52. The molecule has 0 saturated heterocycles. The fourth-order valence-electron chi connectivity index (χ4n) is 7.52. The molecule has 5 nitrogen and oxygen atoms in total. The summed E-state index contributed by atoms with van der Waals surface area (Å²) < 4.78 is 10.9. The average molecular weight is 938 g/mol. The van der Waals surface area contributed by atoms with Gasteiger partial charge in [-0.15, -0.1) is 35.7 Å². The van der Waals surface area contributed by atoms with E-state index in [-0.39, 0.29) is 43.2 Å². The first-order valence-electron chi connectivity index (χ1n) is 20.2. The standard InChI is InChI=1S/C51H58N4O.Pt/c1-32(2)25-45-47(34-26-36(50(8,9)10)28-37(27-34)51(11,12)13)48(33(3)4)53-55(45)38-17-16-18-39(30-38)56-40-21-22-42-41-19-14-15-20-43(41)54(44(42)31-40)46-29-35(23-24-52-46)49(5,6)7;/h14-24,26-29,32-33H,25H2,1-13H3;/q-2;+2. The SMILES string of the molecule is CC(C)Cc1c(-c2cc(C(C)(C)C)cc(C(C)(C)C)c2)c(C(C)C)nn1-c1[c-]c(Oc2[c-]c3c(cc2)c2ccccc2n3-c2cc(C(C)(C)C)ccn2)ccc1.[Pt+2]. The number of hydrogen-bond donors (Lipinski definition) is 0. The van der Waals surface area contributed by atoms with Gasteiger partial charge in [0.05, 0.1) is 11.4 Å². The van der Waals surface area contributed by atoms with Crippen LogP contribution in [0, 0.1) is 18.1 Å². The maximum absolute atomic E-state index is 6.62. The van der Waals surface area contributed by atoms with Gasteiger partial charge in [0.1, 0.15) is 5.82 Å². The predicted molar refractivity (Wildman–Crippen MR) is 234 cm³/mol. The van der Waals surface area contributed by atoms with Gasteiger partial charge in [-0.25, -0.2) is 4.98 Å². The summed E-state index contributed by atoms with van der Waals surface area (Å²) in [6.07, 6.45) is 2.78. The van der Waals surface area contributed by atoms with Gasteiger partial charge < -0.3 is 9.30 Å². The van der Waals surface area contributed by atoms with Crippen molar-refractivity contribution in [2.45, 2.75) is 119 Å². The first-order chi connectivity index (χ1) is 26.3. The van der Waals surface area contributed by atoms with Gasteiger partial charge in [0.15, 0.2) is 0 Å². The van der Waals surface area contributed by atoms with Crippen molar-refractivity contribution >= 4 is 21.8 Å². The maximum Gasteiger partial charge on any atom is 2.00 e. The van der Waals surface area contributed by atoms with Crippen molar-refractivity contribution in [3.8, 4) is 34.1 Å². The third-order valence-electron chi connectivity index (χ3n) is 10.7. The molecule has 3 heterocycles. The smallest absolute Gasteiger partial charge is 0.509 e. The molecule has 0 saturated carbocycles. The van der Waals surface area contributed by atoms with Crippen molar-refractivity contribution < 1.29 is 25.8 Å². The topological polar surface area (TPSA) is 44.9 Å². The number of benzene rings is 4. The summed E-state index contributed by atoms with van der Waals surface area (Å²) in [6, 6.07) is 37.4. The zero-order valence-corrected chi connectivity index (χ0v) is 38.3. The second kappa shape index (κ2) is 15.7. The molecule has 7 aromatic rings. The molecule has 0 fully saturated rings. The van der Waals surface area contributed by atoms with Gasteiger partial charge in [-0.3, -0.25) is 4.68 Å². The van der Waals surface area contributed by atoms with Gasteiger partial charge in [-0.05, 0) is 86.0 Å². The molecule has 0 bridgehead atoms. The molecule has 0 unspecified atom stereocenters. The Morgan fingerprint density at radius 3 is 1.95 bits per heavy atom. The number of rotatable bonds is 8. The van der Waals surface area contributed by atoms with E-state index in [1.165, 1.54) is 33.5 Å². The Labute approximate surface area is 355 Å². The second-order valence-corrected chi connectivity index (χ2v) is 19.3. The molecule has 0 N–H and O–H groups in total. The summed E-state index contributed by atoms with van der Waals surface area (Å²) in [5, 5.41) is 7.64. The van der Waals surface area contributed by atoms with Crippen LogP contribution in [-0.2, 0) is 43.7 Å². The van der Waals surface area contributed by atoms with E-state index in [2.05, 4.69) is 178 Å². The number of hydrogen-bond acceptors (Lipinski definition) is 3. The summed E-state index contributed by atoms with van der Waals surface area (Å²) in [4.78, 5) is 4.85. The molecule has 7 rings (SSSR count). The molecule has 57 heavy (non-hydrogen) atoms. The Kier molecular flexibility index (Phi) is 11.6. The van der Waals surface area contributed by atoms with E-state index in [9.17, 15) is 0 Å². The summed E-state index contributed by atoms with van der Waals surface area (Å²) in [6.45, 7) is 29.6. The van der Waals surface area contributed by atoms with Gasteiger partial charge in [-0.1, -0.05) is 132 Å². The molecule has 298 valence electrons. The Morgan fingerprint density at radius 1 is 0.667 bits per heavy atom. The van der Waals surface area contributed by atoms with Crippen molar-refractivity contribution in [1.82, 2.24) is 19.3 Å². The maximum atomic E-state index is 6.62.